The van der Waals surface area contributed by atoms with Crippen LogP contribution < -0.4 is 0 Å². The Morgan fingerprint density at radius 3 is 2.56 bits per heavy atom. The van der Waals surface area contributed by atoms with E-state index in [2.05, 4.69) is 4.98 Å². The van der Waals surface area contributed by atoms with Crippen LogP contribution in [0.3, 0.4) is 0 Å². The molecular weight excluding hydrogens is 442 g/mol. The van der Waals surface area contributed by atoms with Crippen LogP contribution in [-0.4, -0.2) is 36.8 Å². The number of rotatable bonds is 6. The van der Waals surface area contributed by atoms with Crippen molar-refractivity contribution < 1.29 is 31.1 Å². The minimum Gasteiger partial charge on any atom is -0.459 e. The first-order valence-corrected chi connectivity index (χ1v) is 11.4. The van der Waals surface area contributed by atoms with Gasteiger partial charge in [0, 0.05) is 18.7 Å². The van der Waals surface area contributed by atoms with Crippen LogP contribution in [0, 0.1) is 17.6 Å². The molecule has 7 nitrogen and oxygen atoms in total. The predicted octanol–water partition coefficient (Wildman–Crippen LogP) is 3.76. The fraction of sp³-hybridized carbons (Fsp3) is 0.273. The minimum atomic E-state index is -4.20. The number of hydrogen-bond donors (Lipinski definition) is 0. The molecule has 0 spiro atoms. The van der Waals surface area contributed by atoms with E-state index in [9.17, 15) is 22.0 Å². The Hall–Kier alpha value is -3.11. The molecule has 10 heteroatoms. The lowest BCUT2D eigenvalue weighted by Crippen LogP contribution is -2.40. The molecule has 1 saturated heterocycles. The van der Waals surface area contributed by atoms with Gasteiger partial charge in [-0.3, -0.25) is 4.79 Å². The first-order chi connectivity index (χ1) is 15.3. The van der Waals surface area contributed by atoms with Gasteiger partial charge in [-0.15, -0.1) is 0 Å². The summed E-state index contributed by atoms with van der Waals surface area (Å²) in [4.78, 5) is 16.0. The minimum absolute atomic E-state index is 0.000168. The third-order valence-corrected chi connectivity index (χ3v) is 7.15. The van der Waals surface area contributed by atoms with Gasteiger partial charge in [0.2, 0.25) is 15.9 Å². The average Bonchev–Trinajstić information content (AvgIpc) is 3.29. The highest BCUT2D eigenvalue weighted by Crippen LogP contribution is 2.27. The van der Waals surface area contributed by atoms with Crippen LogP contribution in [0.5, 0.6) is 0 Å². The number of sulfonamides is 1. The number of esters is 1. The number of piperidine rings is 1. The van der Waals surface area contributed by atoms with Crippen molar-refractivity contribution in [3.63, 3.8) is 0 Å². The van der Waals surface area contributed by atoms with Crippen LogP contribution in [0.4, 0.5) is 8.78 Å². The molecule has 0 radical (unpaired) electrons. The van der Waals surface area contributed by atoms with E-state index >= 15 is 0 Å². The summed E-state index contributed by atoms with van der Waals surface area (Å²) in [6.07, 6.45) is 1.84. The zero-order chi connectivity index (χ0) is 22.7. The summed E-state index contributed by atoms with van der Waals surface area (Å²) in [5, 5.41) is 0. The van der Waals surface area contributed by atoms with E-state index in [1.807, 2.05) is 30.3 Å². The van der Waals surface area contributed by atoms with Gasteiger partial charge in [0.15, 0.2) is 0 Å². The van der Waals surface area contributed by atoms with Crippen molar-refractivity contribution in [2.24, 2.45) is 5.92 Å². The predicted molar refractivity (Wildman–Crippen MR) is 110 cm³/mol. The number of ether oxygens (including phenoxy) is 1. The summed E-state index contributed by atoms with van der Waals surface area (Å²) in [6.45, 7) is -0.0669. The van der Waals surface area contributed by atoms with Crippen molar-refractivity contribution >= 4 is 16.0 Å². The van der Waals surface area contributed by atoms with Crippen molar-refractivity contribution in [3.05, 3.63) is 72.1 Å². The number of aromatic nitrogens is 1. The Balaban J connectivity index is 1.32. The third-order valence-electron chi connectivity index (χ3n) is 5.23. The first kappa shape index (κ1) is 22.1. The lowest BCUT2D eigenvalue weighted by atomic mass is 9.98. The normalized spacial score (nSPS) is 15.6. The monoisotopic (exact) mass is 462 g/mol. The SMILES string of the molecule is O=C(OCc1coc(-c2ccccc2)n1)C1CCN(S(=O)(=O)c2cc(F)ccc2F)CC1. The lowest BCUT2D eigenvalue weighted by Gasteiger charge is -2.30. The van der Waals surface area contributed by atoms with Crippen molar-refractivity contribution in [1.82, 2.24) is 9.29 Å². The van der Waals surface area contributed by atoms with Crippen LogP contribution in [0.2, 0.25) is 0 Å². The van der Waals surface area contributed by atoms with Gasteiger partial charge in [0.1, 0.15) is 35.1 Å². The van der Waals surface area contributed by atoms with Crippen molar-refractivity contribution in [3.8, 4) is 11.5 Å². The zero-order valence-electron chi connectivity index (χ0n) is 16.9. The topological polar surface area (TPSA) is 89.7 Å². The molecule has 0 saturated carbocycles. The Morgan fingerprint density at radius 1 is 1.12 bits per heavy atom. The largest absolute Gasteiger partial charge is 0.459 e. The highest BCUT2D eigenvalue weighted by Gasteiger charge is 2.34. The average molecular weight is 462 g/mol. The molecule has 0 bridgehead atoms. The molecule has 0 atom stereocenters. The molecule has 1 aliphatic heterocycles. The lowest BCUT2D eigenvalue weighted by molar-refractivity contribution is -0.151. The third kappa shape index (κ3) is 4.71. The second kappa shape index (κ2) is 9.17. The number of carbonyl (C=O) groups excluding carboxylic acids is 1. The number of oxazole rings is 1. The number of halogens is 2. The second-order valence-corrected chi connectivity index (χ2v) is 9.28. The molecule has 2 aromatic carbocycles. The molecule has 0 aliphatic carbocycles. The second-order valence-electron chi connectivity index (χ2n) is 7.37. The standard InChI is InChI=1S/C22H20F2N2O5S/c23-17-6-7-19(24)20(12-17)32(28,29)26-10-8-16(9-11-26)22(27)31-14-18-13-30-21(25-18)15-4-2-1-3-5-15/h1-7,12-13,16H,8-11,14H2. The van der Waals surface area contributed by atoms with Crippen molar-refractivity contribution in [2.75, 3.05) is 13.1 Å². The fourth-order valence-electron chi connectivity index (χ4n) is 3.50. The van der Waals surface area contributed by atoms with Crippen LogP contribution in [0.1, 0.15) is 18.5 Å². The summed E-state index contributed by atoms with van der Waals surface area (Å²) >= 11 is 0. The van der Waals surface area contributed by atoms with Crippen LogP contribution in [-0.2, 0) is 26.2 Å². The molecule has 168 valence electrons. The van der Waals surface area contributed by atoms with Crippen LogP contribution >= 0.6 is 0 Å². The molecule has 2 heterocycles. The number of carbonyl (C=O) groups is 1. The summed E-state index contributed by atoms with van der Waals surface area (Å²) in [6, 6.07) is 11.6. The molecule has 0 amide bonds. The maximum atomic E-state index is 13.9. The van der Waals surface area contributed by atoms with Gasteiger partial charge in [0.05, 0.1) is 5.92 Å². The van der Waals surface area contributed by atoms with E-state index in [0.29, 0.717) is 17.7 Å². The molecule has 0 N–H and O–H groups in total. The Labute approximate surface area is 183 Å². The molecule has 1 aromatic heterocycles. The quantitative estimate of drug-likeness (QED) is 0.518. The zero-order valence-corrected chi connectivity index (χ0v) is 17.7. The van der Waals surface area contributed by atoms with E-state index in [0.717, 1.165) is 22.0 Å². The van der Waals surface area contributed by atoms with Gasteiger partial charge in [-0.05, 0) is 43.2 Å². The molecule has 4 rings (SSSR count). The van der Waals surface area contributed by atoms with Crippen molar-refractivity contribution in [1.29, 1.82) is 0 Å². The highest BCUT2D eigenvalue weighted by molar-refractivity contribution is 7.89. The summed E-state index contributed by atoms with van der Waals surface area (Å²) in [7, 11) is -4.20. The van der Waals surface area contributed by atoms with Gasteiger partial charge in [0.25, 0.3) is 0 Å². The maximum absolute atomic E-state index is 13.9. The molecule has 1 fully saturated rings. The van der Waals surface area contributed by atoms with E-state index in [-0.39, 0.29) is 32.5 Å². The first-order valence-electron chi connectivity index (χ1n) is 9.96. The molecular formula is C22H20F2N2O5S. The van der Waals surface area contributed by atoms with Gasteiger partial charge < -0.3 is 9.15 Å². The van der Waals surface area contributed by atoms with E-state index < -0.39 is 38.4 Å². The molecule has 0 unspecified atom stereocenters. The summed E-state index contributed by atoms with van der Waals surface area (Å²) in [5.41, 5.74) is 1.26. The highest BCUT2D eigenvalue weighted by atomic mass is 32.2. The number of benzene rings is 2. The van der Waals surface area contributed by atoms with E-state index in [4.69, 9.17) is 9.15 Å². The van der Waals surface area contributed by atoms with Gasteiger partial charge in [-0.2, -0.15) is 4.31 Å². The molecule has 32 heavy (non-hydrogen) atoms. The van der Waals surface area contributed by atoms with Gasteiger partial charge >= 0.3 is 5.97 Å². The van der Waals surface area contributed by atoms with Crippen LogP contribution in [0.25, 0.3) is 11.5 Å². The Bertz CT molecular complexity index is 1210. The summed E-state index contributed by atoms with van der Waals surface area (Å²) in [5.74, 6) is -2.41. The van der Waals surface area contributed by atoms with E-state index in [1.165, 1.54) is 6.26 Å². The van der Waals surface area contributed by atoms with Crippen molar-refractivity contribution in [2.45, 2.75) is 24.3 Å². The molecule has 3 aromatic rings. The van der Waals surface area contributed by atoms with E-state index in [1.54, 1.807) is 0 Å². The Morgan fingerprint density at radius 2 is 1.84 bits per heavy atom. The van der Waals surface area contributed by atoms with Gasteiger partial charge in [-0.1, -0.05) is 18.2 Å². The van der Waals surface area contributed by atoms with Crippen LogP contribution in [0.15, 0.2) is 64.1 Å². The fourth-order valence-corrected chi connectivity index (χ4v) is 5.04. The summed E-state index contributed by atoms with van der Waals surface area (Å²) < 4.78 is 64.4. The smallest absolute Gasteiger partial charge is 0.309 e. The van der Waals surface area contributed by atoms with Gasteiger partial charge in [-0.25, -0.2) is 22.2 Å². The maximum Gasteiger partial charge on any atom is 0.309 e. The number of hydrogen-bond acceptors (Lipinski definition) is 6. The Kier molecular flexibility index (Phi) is 6.33. The molecule has 1 aliphatic rings. The number of nitrogens with zero attached hydrogens (tertiary/aromatic N) is 2.